The van der Waals surface area contributed by atoms with Crippen molar-refractivity contribution in [3.8, 4) is 11.3 Å². The molecular formula is C23H21N3O4. The van der Waals surface area contributed by atoms with Gasteiger partial charge in [0.25, 0.3) is 0 Å². The lowest BCUT2D eigenvalue weighted by molar-refractivity contribution is -0.133. The number of methoxy groups -OCH3 is 2. The summed E-state index contributed by atoms with van der Waals surface area (Å²) >= 11 is 0. The van der Waals surface area contributed by atoms with Crippen LogP contribution in [0, 0.1) is 0 Å². The molecule has 3 rings (SSSR count). The van der Waals surface area contributed by atoms with Crippen LogP contribution in [0.25, 0.3) is 16.8 Å². The second-order valence-corrected chi connectivity index (χ2v) is 6.08. The van der Waals surface area contributed by atoms with Crippen LogP contribution >= 0.6 is 0 Å². The van der Waals surface area contributed by atoms with E-state index in [1.807, 2.05) is 54.6 Å². The van der Waals surface area contributed by atoms with E-state index in [2.05, 4.69) is 15.1 Å². The molecule has 30 heavy (non-hydrogen) atoms. The Bertz CT molecular complexity index is 1080. The van der Waals surface area contributed by atoms with Gasteiger partial charge in [0.05, 0.1) is 31.9 Å². The predicted molar refractivity (Wildman–Crippen MR) is 114 cm³/mol. The van der Waals surface area contributed by atoms with E-state index < -0.39 is 5.97 Å². The summed E-state index contributed by atoms with van der Waals surface area (Å²) in [6.07, 6.45) is 2.81. The van der Waals surface area contributed by atoms with Crippen LogP contribution in [0.2, 0.25) is 0 Å². The second-order valence-electron chi connectivity index (χ2n) is 6.08. The van der Waals surface area contributed by atoms with Gasteiger partial charge in [-0.1, -0.05) is 59.8 Å². The number of esters is 1. The van der Waals surface area contributed by atoms with Crippen molar-refractivity contribution in [3.63, 3.8) is 0 Å². The van der Waals surface area contributed by atoms with Crippen molar-refractivity contribution in [2.45, 2.75) is 0 Å². The summed E-state index contributed by atoms with van der Waals surface area (Å²) in [4.78, 5) is 26.2. The summed E-state index contributed by atoms with van der Waals surface area (Å²) in [6.45, 7) is 0. The molecule has 7 nitrogen and oxygen atoms in total. The van der Waals surface area contributed by atoms with Crippen molar-refractivity contribution >= 4 is 17.3 Å². The fourth-order valence-corrected chi connectivity index (χ4v) is 2.95. The van der Waals surface area contributed by atoms with E-state index in [-0.39, 0.29) is 5.57 Å². The Labute approximate surface area is 174 Å². The first kappa shape index (κ1) is 20.7. The first-order chi connectivity index (χ1) is 14.7. The van der Waals surface area contributed by atoms with E-state index in [0.29, 0.717) is 22.5 Å². The Hall–Kier alpha value is -4.00. The Morgan fingerprint density at radius 1 is 0.933 bits per heavy atom. The summed E-state index contributed by atoms with van der Waals surface area (Å²) in [7, 11) is 4.23. The Morgan fingerprint density at radius 2 is 1.63 bits per heavy atom. The van der Waals surface area contributed by atoms with Crippen molar-refractivity contribution in [1.29, 1.82) is 0 Å². The maximum atomic E-state index is 12.3. The van der Waals surface area contributed by atoms with Crippen LogP contribution in [0.15, 0.2) is 78.4 Å². The van der Waals surface area contributed by atoms with Gasteiger partial charge < -0.3 is 14.3 Å². The highest BCUT2D eigenvalue weighted by atomic mass is 16.6. The summed E-state index contributed by atoms with van der Waals surface area (Å²) in [5.74, 6) is -0.534. The van der Waals surface area contributed by atoms with E-state index in [9.17, 15) is 4.79 Å². The molecule has 2 aromatic carbocycles. The third-order valence-electron chi connectivity index (χ3n) is 4.28. The van der Waals surface area contributed by atoms with Gasteiger partial charge in [-0.05, 0) is 6.07 Å². The number of ether oxygens (including phenoxy) is 2. The summed E-state index contributed by atoms with van der Waals surface area (Å²) in [5.41, 5.74) is 4.12. The molecule has 0 spiro atoms. The SMILES string of the molecule is CO/C=C(/C(=O)OC)c1ccccc1/C(=N\OC)c1cc(-c2ccccc2)ncn1. The second kappa shape index (κ2) is 9.97. The highest BCUT2D eigenvalue weighted by Gasteiger charge is 2.21. The van der Waals surface area contributed by atoms with Crippen molar-refractivity contribution < 1.29 is 19.1 Å². The Morgan fingerprint density at radius 3 is 2.30 bits per heavy atom. The third-order valence-corrected chi connectivity index (χ3v) is 4.28. The maximum Gasteiger partial charge on any atom is 0.341 e. The molecule has 0 saturated carbocycles. The number of hydrogen-bond donors (Lipinski definition) is 0. The molecule has 1 heterocycles. The first-order valence-corrected chi connectivity index (χ1v) is 9.09. The van der Waals surface area contributed by atoms with Crippen LogP contribution in [0.3, 0.4) is 0 Å². The number of rotatable bonds is 7. The monoisotopic (exact) mass is 403 g/mol. The van der Waals surface area contributed by atoms with Crippen LogP contribution in [0.1, 0.15) is 16.8 Å². The zero-order valence-corrected chi connectivity index (χ0v) is 16.9. The lowest BCUT2D eigenvalue weighted by Crippen LogP contribution is -2.13. The minimum Gasteiger partial charge on any atom is -0.503 e. The fourth-order valence-electron chi connectivity index (χ4n) is 2.95. The zero-order valence-electron chi connectivity index (χ0n) is 16.9. The molecule has 0 amide bonds. The van der Waals surface area contributed by atoms with Gasteiger partial charge in [-0.2, -0.15) is 0 Å². The largest absolute Gasteiger partial charge is 0.503 e. The standard InChI is InChI=1S/C23H21N3O4/c1-28-14-19(23(27)29-2)17-11-7-8-12-18(17)22(26-30-3)21-13-20(24-15-25-21)16-9-5-4-6-10-16/h4-15H,1-3H3/b19-14+,26-22+. The number of aromatic nitrogens is 2. The number of nitrogens with zero attached hydrogens (tertiary/aromatic N) is 3. The van der Waals surface area contributed by atoms with E-state index in [4.69, 9.17) is 14.3 Å². The molecule has 0 bridgehead atoms. The lowest BCUT2D eigenvalue weighted by Gasteiger charge is -2.13. The average molecular weight is 403 g/mol. The van der Waals surface area contributed by atoms with Crippen LogP contribution in [-0.4, -0.2) is 43.0 Å². The first-order valence-electron chi connectivity index (χ1n) is 9.09. The normalized spacial score (nSPS) is 11.7. The number of carbonyl (C=O) groups excluding carboxylic acids is 1. The smallest absolute Gasteiger partial charge is 0.341 e. The van der Waals surface area contributed by atoms with Crippen LogP contribution in [0.4, 0.5) is 0 Å². The molecule has 152 valence electrons. The molecule has 1 aromatic heterocycles. The molecule has 7 heteroatoms. The lowest BCUT2D eigenvalue weighted by atomic mass is 9.95. The van der Waals surface area contributed by atoms with Gasteiger partial charge in [-0.15, -0.1) is 0 Å². The summed E-state index contributed by atoms with van der Waals surface area (Å²) in [6, 6.07) is 18.8. The van der Waals surface area contributed by atoms with Gasteiger partial charge in [-0.25, -0.2) is 14.8 Å². The van der Waals surface area contributed by atoms with E-state index in [1.54, 1.807) is 6.07 Å². The van der Waals surface area contributed by atoms with Gasteiger partial charge in [0.2, 0.25) is 0 Å². The number of hydrogen-bond acceptors (Lipinski definition) is 7. The van der Waals surface area contributed by atoms with Crippen molar-refractivity contribution in [3.05, 3.63) is 90.1 Å². The van der Waals surface area contributed by atoms with Crippen molar-refractivity contribution in [1.82, 2.24) is 9.97 Å². The number of benzene rings is 2. The molecular weight excluding hydrogens is 382 g/mol. The Kier molecular flexibility index (Phi) is 6.89. The molecule has 0 saturated heterocycles. The van der Waals surface area contributed by atoms with Gasteiger partial charge in [0.1, 0.15) is 24.7 Å². The maximum absolute atomic E-state index is 12.3. The quantitative estimate of drug-likeness (QED) is 0.197. The Balaban J connectivity index is 2.15. The third kappa shape index (κ3) is 4.52. The van der Waals surface area contributed by atoms with Crippen molar-refractivity contribution in [2.24, 2.45) is 5.16 Å². The number of carbonyl (C=O) groups is 1. The molecule has 0 radical (unpaired) electrons. The topological polar surface area (TPSA) is 82.9 Å². The highest BCUT2D eigenvalue weighted by molar-refractivity contribution is 6.22. The molecule has 0 aliphatic rings. The number of oxime groups is 1. The summed E-state index contributed by atoms with van der Waals surface area (Å²) in [5, 5.41) is 4.19. The molecule has 0 aliphatic carbocycles. The zero-order chi connectivity index (χ0) is 21.3. The van der Waals surface area contributed by atoms with Crippen LogP contribution in [0.5, 0.6) is 0 Å². The molecule has 0 atom stereocenters. The predicted octanol–water partition coefficient (Wildman–Crippen LogP) is 3.70. The van der Waals surface area contributed by atoms with Crippen LogP contribution in [-0.2, 0) is 19.1 Å². The minimum atomic E-state index is -0.534. The van der Waals surface area contributed by atoms with Gasteiger partial charge in [0, 0.05) is 16.7 Å². The van der Waals surface area contributed by atoms with E-state index >= 15 is 0 Å². The highest BCUT2D eigenvalue weighted by Crippen LogP contribution is 2.25. The fraction of sp³-hybridized carbons (Fsp3) is 0.130. The average Bonchev–Trinajstić information content (AvgIpc) is 2.81. The molecule has 0 unspecified atom stereocenters. The van der Waals surface area contributed by atoms with E-state index in [0.717, 1.165) is 11.3 Å². The molecule has 0 aliphatic heterocycles. The minimum absolute atomic E-state index is 0.247. The van der Waals surface area contributed by atoms with Crippen molar-refractivity contribution in [2.75, 3.05) is 21.3 Å². The van der Waals surface area contributed by atoms with Gasteiger partial charge >= 0.3 is 5.97 Å². The molecule has 3 aromatic rings. The molecule has 0 N–H and O–H groups in total. The van der Waals surface area contributed by atoms with Gasteiger partial charge in [0.15, 0.2) is 0 Å². The van der Waals surface area contributed by atoms with Crippen LogP contribution < -0.4 is 0 Å². The molecule has 0 fully saturated rings. The summed E-state index contributed by atoms with van der Waals surface area (Å²) < 4.78 is 10.0. The van der Waals surface area contributed by atoms with Gasteiger partial charge in [-0.3, -0.25) is 0 Å². The van der Waals surface area contributed by atoms with E-state index in [1.165, 1.54) is 33.9 Å².